The summed E-state index contributed by atoms with van der Waals surface area (Å²) in [4.78, 5) is 38.4. The van der Waals surface area contributed by atoms with E-state index in [1.54, 1.807) is 30.3 Å². The number of nitrogens with zero attached hydrogens (tertiary/aromatic N) is 1. The SMILES string of the molecule is Cc1ccc(N2C(=O)NC(=O)C(=Cc3ccc4c(c3)OCO4)C2=O)cc1C. The highest BCUT2D eigenvalue weighted by Crippen LogP contribution is 2.33. The Morgan fingerprint density at radius 2 is 1.74 bits per heavy atom. The molecule has 2 aromatic carbocycles. The lowest BCUT2D eigenvalue weighted by atomic mass is 10.0. The lowest BCUT2D eigenvalue weighted by molar-refractivity contribution is -0.122. The Morgan fingerprint density at radius 1 is 0.963 bits per heavy atom. The second-order valence-electron chi connectivity index (χ2n) is 6.34. The van der Waals surface area contributed by atoms with E-state index in [4.69, 9.17) is 9.47 Å². The molecule has 2 aliphatic heterocycles. The summed E-state index contributed by atoms with van der Waals surface area (Å²) in [6.45, 7) is 3.95. The first kappa shape index (κ1) is 16.8. The number of rotatable bonds is 2. The van der Waals surface area contributed by atoms with Crippen LogP contribution in [0.5, 0.6) is 11.5 Å². The van der Waals surface area contributed by atoms with Gasteiger partial charge in [-0.25, -0.2) is 9.69 Å². The molecule has 0 unspecified atom stereocenters. The molecule has 2 aliphatic rings. The van der Waals surface area contributed by atoms with E-state index in [2.05, 4.69) is 5.32 Å². The predicted octanol–water partition coefficient (Wildman–Crippen LogP) is 2.70. The molecule has 2 heterocycles. The highest BCUT2D eigenvalue weighted by molar-refractivity contribution is 6.39. The number of benzene rings is 2. The molecule has 1 saturated heterocycles. The summed E-state index contributed by atoms with van der Waals surface area (Å²) in [5.41, 5.74) is 2.84. The number of ether oxygens (including phenoxy) is 2. The molecule has 27 heavy (non-hydrogen) atoms. The quantitative estimate of drug-likeness (QED) is 0.654. The molecule has 0 radical (unpaired) electrons. The van der Waals surface area contributed by atoms with Gasteiger partial charge in [-0.3, -0.25) is 14.9 Å². The smallest absolute Gasteiger partial charge is 0.335 e. The largest absolute Gasteiger partial charge is 0.454 e. The van der Waals surface area contributed by atoms with E-state index in [0.29, 0.717) is 22.7 Å². The van der Waals surface area contributed by atoms with Crippen LogP contribution < -0.4 is 19.7 Å². The van der Waals surface area contributed by atoms with Gasteiger partial charge in [-0.1, -0.05) is 12.1 Å². The minimum atomic E-state index is -0.768. The number of hydrogen-bond acceptors (Lipinski definition) is 5. The fraction of sp³-hybridized carbons (Fsp3) is 0.150. The Balaban J connectivity index is 1.72. The third-order valence-electron chi connectivity index (χ3n) is 4.56. The molecular weight excluding hydrogens is 348 g/mol. The van der Waals surface area contributed by atoms with Crippen molar-refractivity contribution in [3.05, 3.63) is 58.7 Å². The number of imide groups is 2. The number of aryl methyl sites for hydroxylation is 2. The summed E-state index contributed by atoms with van der Waals surface area (Å²) in [5.74, 6) is -0.272. The molecule has 0 aliphatic carbocycles. The maximum Gasteiger partial charge on any atom is 0.335 e. The number of urea groups is 1. The Labute approximate surface area is 155 Å². The van der Waals surface area contributed by atoms with Crippen molar-refractivity contribution in [2.24, 2.45) is 0 Å². The summed E-state index contributed by atoms with van der Waals surface area (Å²) in [6.07, 6.45) is 1.43. The van der Waals surface area contributed by atoms with Gasteiger partial charge in [0.2, 0.25) is 6.79 Å². The van der Waals surface area contributed by atoms with Crippen LogP contribution in [0.15, 0.2) is 42.0 Å². The monoisotopic (exact) mass is 364 g/mol. The van der Waals surface area contributed by atoms with Crippen LogP contribution in [0.3, 0.4) is 0 Å². The van der Waals surface area contributed by atoms with Crippen molar-refractivity contribution in [1.82, 2.24) is 5.32 Å². The zero-order chi connectivity index (χ0) is 19.1. The number of nitrogens with one attached hydrogen (secondary N) is 1. The van der Waals surface area contributed by atoms with Gasteiger partial charge in [0, 0.05) is 0 Å². The van der Waals surface area contributed by atoms with Crippen LogP contribution in [0, 0.1) is 13.8 Å². The zero-order valence-corrected chi connectivity index (χ0v) is 14.7. The van der Waals surface area contributed by atoms with Gasteiger partial charge in [-0.15, -0.1) is 0 Å². The lowest BCUT2D eigenvalue weighted by Gasteiger charge is -2.26. The minimum absolute atomic E-state index is 0.129. The van der Waals surface area contributed by atoms with Crippen LogP contribution >= 0.6 is 0 Å². The third-order valence-corrected chi connectivity index (χ3v) is 4.56. The molecule has 2 aromatic rings. The molecule has 4 amide bonds. The van der Waals surface area contributed by atoms with Gasteiger partial charge in [0.05, 0.1) is 5.69 Å². The fourth-order valence-corrected chi connectivity index (χ4v) is 2.93. The molecule has 7 heteroatoms. The summed E-state index contributed by atoms with van der Waals surface area (Å²) < 4.78 is 10.6. The van der Waals surface area contributed by atoms with E-state index in [-0.39, 0.29) is 12.4 Å². The maximum absolute atomic E-state index is 12.9. The van der Waals surface area contributed by atoms with Crippen molar-refractivity contribution in [2.75, 3.05) is 11.7 Å². The van der Waals surface area contributed by atoms with Crippen molar-refractivity contribution in [2.45, 2.75) is 13.8 Å². The number of carbonyl (C=O) groups excluding carboxylic acids is 3. The molecule has 4 rings (SSSR count). The van der Waals surface area contributed by atoms with E-state index in [0.717, 1.165) is 16.0 Å². The molecule has 1 fully saturated rings. The minimum Gasteiger partial charge on any atom is -0.454 e. The predicted molar refractivity (Wildman–Crippen MR) is 97.5 cm³/mol. The Morgan fingerprint density at radius 3 is 2.52 bits per heavy atom. The van der Waals surface area contributed by atoms with E-state index in [1.807, 2.05) is 19.9 Å². The van der Waals surface area contributed by atoms with Gasteiger partial charge < -0.3 is 9.47 Å². The van der Waals surface area contributed by atoms with E-state index in [1.165, 1.54) is 6.08 Å². The number of anilines is 1. The van der Waals surface area contributed by atoms with Crippen LogP contribution in [0.25, 0.3) is 6.08 Å². The van der Waals surface area contributed by atoms with Gasteiger partial charge >= 0.3 is 6.03 Å². The first-order chi connectivity index (χ1) is 12.9. The van der Waals surface area contributed by atoms with Crippen LogP contribution in [0.1, 0.15) is 16.7 Å². The van der Waals surface area contributed by atoms with Crippen LogP contribution in [0.4, 0.5) is 10.5 Å². The highest BCUT2D eigenvalue weighted by Gasteiger charge is 2.37. The van der Waals surface area contributed by atoms with Gasteiger partial charge in [0.15, 0.2) is 11.5 Å². The summed E-state index contributed by atoms with van der Waals surface area (Å²) in [6, 6.07) is 9.55. The second kappa shape index (κ2) is 6.28. The van der Waals surface area contributed by atoms with E-state index < -0.39 is 17.8 Å². The standard InChI is InChI=1S/C20H16N2O5/c1-11-3-5-14(7-12(11)2)22-19(24)15(18(23)21-20(22)25)8-13-4-6-16-17(9-13)27-10-26-16/h3-9H,10H2,1-2H3,(H,21,23,25). The molecule has 0 atom stereocenters. The number of barbiturate groups is 1. The van der Waals surface area contributed by atoms with Crippen molar-refractivity contribution in [3.8, 4) is 11.5 Å². The molecule has 0 spiro atoms. The van der Waals surface area contributed by atoms with Crippen molar-refractivity contribution in [1.29, 1.82) is 0 Å². The first-order valence-corrected chi connectivity index (χ1v) is 8.32. The Hall–Kier alpha value is -3.61. The average Bonchev–Trinajstić information content (AvgIpc) is 3.09. The Bertz CT molecular complexity index is 1030. The van der Waals surface area contributed by atoms with Gasteiger partial charge in [-0.2, -0.15) is 0 Å². The number of hydrogen-bond donors (Lipinski definition) is 1. The number of amides is 4. The lowest BCUT2D eigenvalue weighted by Crippen LogP contribution is -2.54. The van der Waals surface area contributed by atoms with Crippen LogP contribution in [-0.4, -0.2) is 24.6 Å². The summed E-state index contributed by atoms with van der Waals surface area (Å²) in [7, 11) is 0. The molecule has 136 valence electrons. The molecule has 0 bridgehead atoms. The second-order valence-corrected chi connectivity index (χ2v) is 6.34. The van der Waals surface area contributed by atoms with E-state index in [9.17, 15) is 14.4 Å². The molecule has 1 N–H and O–H groups in total. The maximum atomic E-state index is 12.9. The van der Waals surface area contributed by atoms with Gasteiger partial charge in [0.25, 0.3) is 11.8 Å². The topological polar surface area (TPSA) is 84.9 Å². The first-order valence-electron chi connectivity index (χ1n) is 8.32. The van der Waals surface area contributed by atoms with Gasteiger partial charge in [-0.05, 0) is 60.9 Å². The molecule has 0 aromatic heterocycles. The molecular formula is C20H16N2O5. The van der Waals surface area contributed by atoms with Gasteiger partial charge in [0.1, 0.15) is 5.57 Å². The summed E-state index contributed by atoms with van der Waals surface area (Å²) >= 11 is 0. The molecule has 7 nitrogen and oxygen atoms in total. The zero-order valence-electron chi connectivity index (χ0n) is 14.7. The normalized spacial score (nSPS) is 17.5. The van der Waals surface area contributed by atoms with Crippen LogP contribution in [-0.2, 0) is 9.59 Å². The van der Waals surface area contributed by atoms with E-state index >= 15 is 0 Å². The highest BCUT2D eigenvalue weighted by atomic mass is 16.7. The van der Waals surface area contributed by atoms with Crippen molar-refractivity contribution in [3.63, 3.8) is 0 Å². The fourth-order valence-electron chi connectivity index (χ4n) is 2.93. The summed E-state index contributed by atoms with van der Waals surface area (Å²) in [5, 5.41) is 2.22. The number of carbonyl (C=O) groups is 3. The molecule has 0 saturated carbocycles. The average molecular weight is 364 g/mol. The van der Waals surface area contributed by atoms with Crippen LogP contribution in [0.2, 0.25) is 0 Å². The van der Waals surface area contributed by atoms with Crippen molar-refractivity contribution < 1.29 is 23.9 Å². The van der Waals surface area contributed by atoms with Crippen molar-refractivity contribution >= 4 is 29.6 Å². The Kier molecular flexibility index (Phi) is 3.92. The number of fused-ring (bicyclic) bond motifs is 1. The third kappa shape index (κ3) is 2.93.